The van der Waals surface area contributed by atoms with Gasteiger partial charge in [0.2, 0.25) is 11.8 Å². The van der Waals surface area contributed by atoms with E-state index >= 15 is 0 Å². The zero-order valence-corrected chi connectivity index (χ0v) is 15.2. The number of anilines is 1. The zero-order chi connectivity index (χ0) is 17.7. The fourth-order valence-electron chi connectivity index (χ4n) is 3.15. The van der Waals surface area contributed by atoms with Gasteiger partial charge >= 0.3 is 0 Å². The van der Waals surface area contributed by atoms with Gasteiger partial charge in [0.25, 0.3) is 0 Å². The average molecular weight is 335 g/mol. The fraction of sp³-hybridized carbons (Fsp3) is 0.706. The average Bonchev–Trinajstić information content (AvgIpc) is 2.94. The number of likely N-dealkylation sites (N-methyl/N-ethyl adjacent to an activating group) is 1. The molecule has 2 rings (SSSR count). The number of rotatable bonds is 8. The molecule has 0 aliphatic carbocycles. The Morgan fingerprint density at radius 3 is 2.71 bits per heavy atom. The van der Waals surface area contributed by atoms with Crippen LogP contribution in [0.3, 0.4) is 0 Å². The van der Waals surface area contributed by atoms with E-state index in [1.165, 1.54) is 0 Å². The molecular formula is C17H29N5O2. The van der Waals surface area contributed by atoms with Crippen LogP contribution in [-0.2, 0) is 16.1 Å². The van der Waals surface area contributed by atoms with E-state index in [2.05, 4.69) is 29.2 Å². The molecule has 7 nitrogen and oxygen atoms in total. The smallest absolute Gasteiger partial charge is 0.243 e. The molecule has 1 aliphatic rings. The molecule has 1 aromatic rings. The second kappa shape index (κ2) is 8.28. The van der Waals surface area contributed by atoms with Gasteiger partial charge in [0, 0.05) is 25.6 Å². The van der Waals surface area contributed by atoms with Crippen LogP contribution in [-0.4, -0.2) is 58.7 Å². The van der Waals surface area contributed by atoms with E-state index in [-0.39, 0.29) is 11.8 Å². The number of amides is 2. The largest absolute Gasteiger partial charge is 0.353 e. The van der Waals surface area contributed by atoms with Crippen molar-refractivity contribution < 1.29 is 9.59 Å². The van der Waals surface area contributed by atoms with Crippen molar-refractivity contribution in [3.63, 3.8) is 0 Å². The van der Waals surface area contributed by atoms with Crippen LogP contribution < -0.4 is 10.2 Å². The molecule has 0 aromatic carbocycles. The monoisotopic (exact) mass is 335 g/mol. The van der Waals surface area contributed by atoms with Gasteiger partial charge in [0.15, 0.2) is 0 Å². The van der Waals surface area contributed by atoms with Crippen molar-refractivity contribution in [3.05, 3.63) is 11.8 Å². The number of nitrogens with zero attached hydrogens (tertiary/aromatic N) is 4. The van der Waals surface area contributed by atoms with Crippen molar-refractivity contribution in [2.75, 3.05) is 31.1 Å². The van der Waals surface area contributed by atoms with Crippen LogP contribution >= 0.6 is 0 Å². The highest BCUT2D eigenvalue weighted by Crippen LogP contribution is 2.25. The molecule has 1 unspecified atom stereocenters. The lowest BCUT2D eigenvalue weighted by molar-refractivity contribution is -0.127. The Labute approximate surface area is 144 Å². The van der Waals surface area contributed by atoms with E-state index in [4.69, 9.17) is 0 Å². The van der Waals surface area contributed by atoms with Gasteiger partial charge in [-0.25, -0.2) is 4.68 Å². The van der Waals surface area contributed by atoms with E-state index in [9.17, 15) is 9.59 Å². The SMILES string of the molecule is CCC(C(=O)NCCN(CC)CC)N1C(=O)CCn2nc(C)cc21. The minimum Gasteiger partial charge on any atom is -0.353 e. The lowest BCUT2D eigenvalue weighted by Gasteiger charge is -2.33. The Bertz CT molecular complexity index is 580. The van der Waals surface area contributed by atoms with E-state index in [1.54, 1.807) is 4.90 Å². The third-order valence-corrected chi connectivity index (χ3v) is 4.56. The van der Waals surface area contributed by atoms with Crippen molar-refractivity contribution in [3.8, 4) is 0 Å². The molecule has 0 saturated carbocycles. The maximum atomic E-state index is 12.6. The van der Waals surface area contributed by atoms with E-state index < -0.39 is 6.04 Å². The summed E-state index contributed by atoms with van der Waals surface area (Å²) in [4.78, 5) is 29.0. The molecule has 0 radical (unpaired) electrons. The molecule has 0 saturated heterocycles. The summed E-state index contributed by atoms with van der Waals surface area (Å²) < 4.78 is 1.82. The molecule has 134 valence electrons. The number of hydrogen-bond acceptors (Lipinski definition) is 4. The highest BCUT2D eigenvalue weighted by Gasteiger charge is 2.34. The Balaban J connectivity index is 2.07. The summed E-state index contributed by atoms with van der Waals surface area (Å²) in [5, 5.41) is 7.39. The first kappa shape index (κ1) is 18.4. The van der Waals surface area contributed by atoms with Gasteiger partial charge in [-0.2, -0.15) is 5.10 Å². The fourth-order valence-corrected chi connectivity index (χ4v) is 3.15. The minimum absolute atomic E-state index is 0.00635. The number of carbonyl (C=O) groups is 2. The highest BCUT2D eigenvalue weighted by molar-refractivity contribution is 6.00. The first-order valence-electron chi connectivity index (χ1n) is 8.88. The Morgan fingerprint density at radius 2 is 2.08 bits per heavy atom. The molecule has 1 atom stereocenters. The van der Waals surface area contributed by atoms with Gasteiger partial charge < -0.3 is 10.2 Å². The molecule has 2 heterocycles. The predicted octanol–water partition coefficient (Wildman–Crippen LogP) is 1.16. The molecule has 7 heteroatoms. The van der Waals surface area contributed by atoms with Crippen molar-refractivity contribution >= 4 is 17.6 Å². The zero-order valence-electron chi connectivity index (χ0n) is 15.2. The van der Waals surface area contributed by atoms with Crippen molar-refractivity contribution in [2.45, 2.75) is 53.1 Å². The van der Waals surface area contributed by atoms with E-state index in [0.29, 0.717) is 25.9 Å². The number of aryl methyl sites for hydroxylation is 2. The van der Waals surface area contributed by atoms with Crippen LogP contribution in [0.4, 0.5) is 5.82 Å². The van der Waals surface area contributed by atoms with Crippen LogP contribution in [0, 0.1) is 6.92 Å². The van der Waals surface area contributed by atoms with Gasteiger partial charge in [0.05, 0.1) is 12.2 Å². The second-order valence-electron chi connectivity index (χ2n) is 6.12. The van der Waals surface area contributed by atoms with Crippen LogP contribution in [0.5, 0.6) is 0 Å². The Morgan fingerprint density at radius 1 is 1.38 bits per heavy atom. The highest BCUT2D eigenvalue weighted by atomic mass is 16.2. The summed E-state index contributed by atoms with van der Waals surface area (Å²) in [6.07, 6.45) is 0.963. The summed E-state index contributed by atoms with van der Waals surface area (Å²) in [5.41, 5.74) is 0.862. The van der Waals surface area contributed by atoms with Gasteiger partial charge in [-0.05, 0) is 26.4 Å². The molecule has 24 heavy (non-hydrogen) atoms. The van der Waals surface area contributed by atoms with Crippen LogP contribution in [0.25, 0.3) is 0 Å². The van der Waals surface area contributed by atoms with Gasteiger partial charge in [-0.15, -0.1) is 0 Å². The van der Waals surface area contributed by atoms with Gasteiger partial charge in [-0.1, -0.05) is 20.8 Å². The topological polar surface area (TPSA) is 70.5 Å². The molecule has 1 aromatic heterocycles. The first-order valence-corrected chi connectivity index (χ1v) is 8.88. The van der Waals surface area contributed by atoms with Gasteiger partial charge in [-0.3, -0.25) is 14.5 Å². The quantitative estimate of drug-likeness (QED) is 0.774. The van der Waals surface area contributed by atoms with Crippen LogP contribution in [0.15, 0.2) is 6.07 Å². The number of hydrogen-bond donors (Lipinski definition) is 1. The summed E-state index contributed by atoms with van der Waals surface area (Å²) in [5.74, 6) is 0.632. The molecule has 0 bridgehead atoms. The molecule has 1 aliphatic heterocycles. The van der Waals surface area contributed by atoms with E-state index in [1.807, 2.05) is 24.6 Å². The standard InChI is InChI=1S/C17H29N5O2/c1-5-14(17(24)18-9-11-20(6-2)7-3)22-15-12-13(4)19-21(15)10-8-16(22)23/h12,14H,5-11H2,1-4H3,(H,18,24). The summed E-state index contributed by atoms with van der Waals surface area (Å²) >= 11 is 0. The normalized spacial score (nSPS) is 15.5. The van der Waals surface area contributed by atoms with Gasteiger partial charge in [0.1, 0.15) is 11.9 Å². The number of carbonyl (C=O) groups excluding carboxylic acids is 2. The molecule has 2 amide bonds. The third-order valence-electron chi connectivity index (χ3n) is 4.56. The van der Waals surface area contributed by atoms with Crippen molar-refractivity contribution in [1.82, 2.24) is 20.0 Å². The third kappa shape index (κ3) is 3.95. The molecule has 0 spiro atoms. The minimum atomic E-state index is -0.482. The number of aromatic nitrogens is 2. The van der Waals surface area contributed by atoms with E-state index in [0.717, 1.165) is 31.1 Å². The molecular weight excluding hydrogens is 306 g/mol. The number of nitrogens with one attached hydrogen (secondary N) is 1. The predicted molar refractivity (Wildman–Crippen MR) is 93.9 cm³/mol. The maximum Gasteiger partial charge on any atom is 0.243 e. The maximum absolute atomic E-state index is 12.6. The summed E-state index contributed by atoms with van der Waals surface area (Å²) in [6, 6.07) is 1.40. The summed E-state index contributed by atoms with van der Waals surface area (Å²) in [6.45, 7) is 12.0. The first-order chi connectivity index (χ1) is 11.5. The van der Waals surface area contributed by atoms with Crippen molar-refractivity contribution in [2.24, 2.45) is 0 Å². The second-order valence-corrected chi connectivity index (χ2v) is 6.12. The van der Waals surface area contributed by atoms with Crippen molar-refractivity contribution in [1.29, 1.82) is 0 Å². The molecule has 1 N–H and O–H groups in total. The lowest BCUT2D eigenvalue weighted by atomic mass is 10.1. The lowest BCUT2D eigenvalue weighted by Crippen LogP contribution is -2.52. The number of fused-ring (bicyclic) bond motifs is 1. The Hall–Kier alpha value is -1.89. The summed E-state index contributed by atoms with van der Waals surface area (Å²) in [7, 11) is 0. The molecule has 0 fully saturated rings. The van der Waals surface area contributed by atoms with Crippen LogP contribution in [0.2, 0.25) is 0 Å². The Kier molecular flexibility index (Phi) is 6.36. The van der Waals surface area contributed by atoms with Crippen LogP contribution in [0.1, 0.15) is 39.3 Å².